The number of alkyl halides is 3. The minimum Gasteiger partial charge on any atom is -0.348 e. The molecular formula is C7H13F3N2O. The number of unbranched alkanes of at least 4 members (excludes halogenated alkanes) is 1. The standard InChI is InChI=1S/C7H13F3N2O/c1-11-4-2-3-5-12-6(13)7(8,9)10/h11H,2-5H2,1H3,(H,12,13). The second kappa shape index (κ2) is 5.80. The Morgan fingerprint density at radius 3 is 2.23 bits per heavy atom. The molecule has 0 bridgehead atoms. The highest BCUT2D eigenvalue weighted by atomic mass is 19.4. The first kappa shape index (κ1) is 12.2. The van der Waals surface area contributed by atoms with Crippen molar-refractivity contribution >= 4 is 5.91 Å². The van der Waals surface area contributed by atoms with Crippen molar-refractivity contribution in [2.75, 3.05) is 20.1 Å². The molecule has 0 unspecified atom stereocenters. The summed E-state index contributed by atoms with van der Waals surface area (Å²) in [4.78, 5) is 10.2. The fraction of sp³-hybridized carbons (Fsp3) is 0.857. The van der Waals surface area contributed by atoms with Crippen molar-refractivity contribution in [3.63, 3.8) is 0 Å². The van der Waals surface area contributed by atoms with Crippen LogP contribution in [-0.2, 0) is 4.79 Å². The van der Waals surface area contributed by atoms with E-state index in [0.717, 1.165) is 13.0 Å². The summed E-state index contributed by atoms with van der Waals surface area (Å²) in [7, 11) is 1.76. The van der Waals surface area contributed by atoms with Gasteiger partial charge in [-0.05, 0) is 26.4 Å². The van der Waals surface area contributed by atoms with Gasteiger partial charge in [-0.25, -0.2) is 0 Å². The molecule has 0 aromatic carbocycles. The number of halogens is 3. The molecule has 0 aliphatic heterocycles. The second-order valence-corrected chi connectivity index (χ2v) is 2.56. The van der Waals surface area contributed by atoms with Gasteiger partial charge in [0.2, 0.25) is 0 Å². The lowest BCUT2D eigenvalue weighted by Crippen LogP contribution is -2.37. The Bertz CT molecular complexity index is 158. The molecule has 0 rings (SSSR count). The normalized spacial score (nSPS) is 11.4. The molecule has 2 N–H and O–H groups in total. The summed E-state index contributed by atoms with van der Waals surface area (Å²) < 4.78 is 34.8. The van der Waals surface area contributed by atoms with Gasteiger partial charge in [0.15, 0.2) is 0 Å². The zero-order valence-corrected chi connectivity index (χ0v) is 7.37. The van der Waals surface area contributed by atoms with Crippen LogP contribution in [0.15, 0.2) is 0 Å². The molecule has 1 amide bonds. The molecule has 0 radical (unpaired) electrons. The van der Waals surface area contributed by atoms with Crippen molar-refractivity contribution in [2.24, 2.45) is 0 Å². The van der Waals surface area contributed by atoms with Crippen LogP contribution >= 0.6 is 0 Å². The summed E-state index contributed by atoms with van der Waals surface area (Å²) in [6, 6.07) is 0. The maximum Gasteiger partial charge on any atom is 0.471 e. The maximum atomic E-state index is 11.6. The highest BCUT2D eigenvalue weighted by Crippen LogP contribution is 2.13. The van der Waals surface area contributed by atoms with Crippen molar-refractivity contribution in [2.45, 2.75) is 19.0 Å². The van der Waals surface area contributed by atoms with E-state index in [-0.39, 0.29) is 6.54 Å². The molecule has 0 atom stereocenters. The average Bonchev–Trinajstić information content (AvgIpc) is 2.02. The molecule has 78 valence electrons. The molecule has 0 fully saturated rings. The van der Waals surface area contributed by atoms with E-state index in [1.165, 1.54) is 0 Å². The first-order valence-electron chi connectivity index (χ1n) is 3.98. The Balaban J connectivity index is 3.38. The molecule has 0 aromatic rings. The summed E-state index contributed by atoms with van der Waals surface area (Å²) in [5, 5.41) is 4.64. The third-order valence-corrected chi connectivity index (χ3v) is 1.40. The number of rotatable bonds is 5. The largest absolute Gasteiger partial charge is 0.471 e. The lowest BCUT2D eigenvalue weighted by Gasteiger charge is -2.07. The third-order valence-electron chi connectivity index (χ3n) is 1.40. The van der Waals surface area contributed by atoms with Crippen LogP contribution in [0.5, 0.6) is 0 Å². The quantitative estimate of drug-likeness (QED) is 0.637. The molecule has 0 aliphatic rings. The van der Waals surface area contributed by atoms with E-state index < -0.39 is 12.1 Å². The first-order chi connectivity index (χ1) is 5.98. The zero-order chi connectivity index (χ0) is 10.3. The van der Waals surface area contributed by atoms with Crippen LogP contribution in [0.1, 0.15) is 12.8 Å². The lowest BCUT2D eigenvalue weighted by molar-refractivity contribution is -0.173. The fourth-order valence-corrected chi connectivity index (χ4v) is 0.729. The Morgan fingerprint density at radius 1 is 1.23 bits per heavy atom. The molecule has 0 heterocycles. The second-order valence-electron chi connectivity index (χ2n) is 2.56. The summed E-state index contributed by atoms with van der Waals surface area (Å²) in [5.74, 6) is -1.86. The van der Waals surface area contributed by atoms with Crippen molar-refractivity contribution in [1.29, 1.82) is 0 Å². The molecular weight excluding hydrogens is 185 g/mol. The lowest BCUT2D eigenvalue weighted by atomic mass is 10.3. The van der Waals surface area contributed by atoms with Gasteiger partial charge in [-0.1, -0.05) is 0 Å². The van der Waals surface area contributed by atoms with E-state index in [2.05, 4.69) is 5.32 Å². The molecule has 13 heavy (non-hydrogen) atoms. The van der Waals surface area contributed by atoms with Gasteiger partial charge in [0, 0.05) is 6.54 Å². The highest BCUT2D eigenvalue weighted by molar-refractivity contribution is 5.81. The van der Waals surface area contributed by atoms with Crippen molar-refractivity contribution < 1.29 is 18.0 Å². The van der Waals surface area contributed by atoms with Crippen molar-refractivity contribution in [3.8, 4) is 0 Å². The number of carbonyl (C=O) groups is 1. The average molecular weight is 198 g/mol. The summed E-state index contributed by atoms with van der Waals surface area (Å²) in [6.45, 7) is 0.807. The Kier molecular flexibility index (Phi) is 5.45. The molecule has 0 spiro atoms. The zero-order valence-electron chi connectivity index (χ0n) is 7.37. The monoisotopic (exact) mass is 198 g/mol. The van der Waals surface area contributed by atoms with Crippen LogP contribution in [0, 0.1) is 0 Å². The molecule has 0 saturated carbocycles. The Morgan fingerprint density at radius 2 is 1.77 bits per heavy atom. The summed E-state index contributed by atoms with van der Waals surface area (Å²) >= 11 is 0. The molecule has 0 saturated heterocycles. The Labute approximate surface area is 74.7 Å². The van der Waals surface area contributed by atoms with Gasteiger partial charge in [-0.3, -0.25) is 4.79 Å². The number of nitrogens with one attached hydrogen (secondary N) is 2. The highest BCUT2D eigenvalue weighted by Gasteiger charge is 2.37. The molecule has 0 aliphatic carbocycles. The van der Waals surface area contributed by atoms with Crippen LogP contribution in [0.2, 0.25) is 0 Å². The number of carbonyl (C=O) groups excluding carboxylic acids is 1. The van der Waals surface area contributed by atoms with Gasteiger partial charge in [0.1, 0.15) is 0 Å². The molecule has 3 nitrogen and oxygen atoms in total. The molecule has 0 aromatic heterocycles. The maximum absolute atomic E-state index is 11.6. The predicted molar refractivity (Wildman–Crippen MR) is 42.2 cm³/mol. The van der Waals surface area contributed by atoms with Crippen molar-refractivity contribution in [3.05, 3.63) is 0 Å². The van der Waals surface area contributed by atoms with Crippen LogP contribution in [0.4, 0.5) is 13.2 Å². The fourth-order valence-electron chi connectivity index (χ4n) is 0.729. The van der Waals surface area contributed by atoms with Crippen molar-refractivity contribution in [1.82, 2.24) is 10.6 Å². The number of hydrogen-bond donors (Lipinski definition) is 2. The van der Waals surface area contributed by atoms with Crippen LogP contribution in [0.3, 0.4) is 0 Å². The van der Waals surface area contributed by atoms with E-state index in [1.54, 1.807) is 12.4 Å². The minimum atomic E-state index is -4.76. The third kappa shape index (κ3) is 6.39. The van der Waals surface area contributed by atoms with E-state index in [0.29, 0.717) is 6.42 Å². The van der Waals surface area contributed by atoms with Gasteiger partial charge in [0.05, 0.1) is 0 Å². The number of hydrogen-bond acceptors (Lipinski definition) is 2. The van der Waals surface area contributed by atoms with E-state index >= 15 is 0 Å². The Hall–Kier alpha value is -0.780. The summed E-state index contributed by atoms with van der Waals surface area (Å²) in [6.07, 6.45) is -3.47. The smallest absolute Gasteiger partial charge is 0.348 e. The van der Waals surface area contributed by atoms with Gasteiger partial charge in [-0.15, -0.1) is 0 Å². The van der Waals surface area contributed by atoms with Crippen LogP contribution in [-0.4, -0.2) is 32.2 Å². The van der Waals surface area contributed by atoms with Crippen LogP contribution < -0.4 is 10.6 Å². The molecule has 6 heteroatoms. The first-order valence-corrected chi connectivity index (χ1v) is 3.98. The topological polar surface area (TPSA) is 41.1 Å². The van der Waals surface area contributed by atoms with Gasteiger partial charge in [0.25, 0.3) is 0 Å². The summed E-state index contributed by atoms with van der Waals surface area (Å²) in [5.41, 5.74) is 0. The van der Waals surface area contributed by atoms with Gasteiger partial charge < -0.3 is 10.6 Å². The minimum absolute atomic E-state index is 0.0695. The number of amides is 1. The van der Waals surface area contributed by atoms with Gasteiger partial charge in [-0.2, -0.15) is 13.2 Å². The van der Waals surface area contributed by atoms with E-state index in [4.69, 9.17) is 0 Å². The van der Waals surface area contributed by atoms with E-state index in [9.17, 15) is 18.0 Å². The SMILES string of the molecule is CNCCCCNC(=O)C(F)(F)F. The van der Waals surface area contributed by atoms with Crippen LogP contribution in [0.25, 0.3) is 0 Å². The predicted octanol–water partition coefficient (Wildman–Crippen LogP) is 0.664. The van der Waals surface area contributed by atoms with E-state index in [1.807, 2.05) is 0 Å². The van der Waals surface area contributed by atoms with Gasteiger partial charge >= 0.3 is 12.1 Å².